The average molecular weight is 279 g/mol. The number of carbonyl (C=O) groups is 2. The van der Waals surface area contributed by atoms with Crippen LogP contribution in [0.5, 0.6) is 5.75 Å². The highest BCUT2D eigenvalue weighted by atomic mass is 16.5. The van der Waals surface area contributed by atoms with E-state index in [1.165, 1.54) is 0 Å². The predicted molar refractivity (Wildman–Crippen MR) is 70.4 cm³/mol. The van der Waals surface area contributed by atoms with E-state index in [1.54, 1.807) is 12.0 Å². The summed E-state index contributed by atoms with van der Waals surface area (Å²) >= 11 is 0. The fraction of sp³-hybridized carbons (Fsp3) is 0.429. The van der Waals surface area contributed by atoms with Crippen LogP contribution >= 0.6 is 0 Å². The first kappa shape index (κ1) is 14.3. The van der Waals surface area contributed by atoms with Crippen LogP contribution in [0.15, 0.2) is 24.3 Å². The number of benzene rings is 1. The summed E-state index contributed by atoms with van der Waals surface area (Å²) in [6.45, 7) is 0.611. The molecular weight excluding hydrogens is 262 g/mol. The number of carbonyl (C=O) groups excluding carboxylic acids is 1. The van der Waals surface area contributed by atoms with E-state index in [1.807, 2.05) is 24.3 Å². The van der Waals surface area contributed by atoms with Crippen molar-refractivity contribution < 1.29 is 24.2 Å². The monoisotopic (exact) mass is 279 g/mol. The van der Waals surface area contributed by atoms with Crippen molar-refractivity contribution in [1.29, 1.82) is 0 Å². The van der Waals surface area contributed by atoms with Crippen molar-refractivity contribution in [1.82, 2.24) is 4.90 Å². The van der Waals surface area contributed by atoms with Gasteiger partial charge in [0.2, 0.25) is 5.91 Å². The van der Waals surface area contributed by atoms with Crippen LogP contribution in [0.1, 0.15) is 12.0 Å². The molecule has 2 rings (SSSR count). The highest BCUT2D eigenvalue weighted by Gasteiger charge is 2.30. The Hall–Kier alpha value is -2.08. The number of morpholine rings is 1. The van der Waals surface area contributed by atoms with E-state index in [9.17, 15) is 9.59 Å². The first-order valence-corrected chi connectivity index (χ1v) is 6.32. The van der Waals surface area contributed by atoms with Crippen LogP contribution in [0.4, 0.5) is 0 Å². The van der Waals surface area contributed by atoms with Crippen LogP contribution < -0.4 is 4.74 Å². The molecule has 1 amide bonds. The summed E-state index contributed by atoms with van der Waals surface area (Å²) in [4.78, 5) is 24.3. The van der Waals surface area contributed by atoms with Crippen molar-refractivity contribution in [3.05, 3.63) is 29.8 Å². The van der Waals surface area contributed by atoms with Gasteiger partial charge >= 0.3 is 5.97 Å². The number of amides is 1. The zero-order valence-electron chi connectivity index (χ0n) is 11.2. The molecule has 6 heteroatoms. The number of hydrogen-bond donors (Lipinski definition) is 1. The van der Waals surface area contributed by atoms with Crippen molar-refractivity contribution >= 4 is 11.9 Å². The molecule has 1 aliphatic heterocycles. The van der Waals surface area contributed by atoms with Gasteiger partial charge in [0.15, 0.2) is 0 Å². The number of ether oxygens (including phenoxy) is 2. The number of methoxy groups -OCH3 is 1. The molecular formula is C14H17NO5. The van der Waals surface area contributed by atoms with Crippen molar-refractivity contribution in [2.24, 2.45) is 0 Å². The molecule has 0 saturated carbocycles. The molecule has 0 aromatic heterocycles. The third-order valence-electron chi connectivity index (χ3n) is 3.19. The third-order valence-corrected chi connectivity index (χ3v) is 3.19. The van der Waals surface area contributed by atoms with Crippen LogP contribution in [0.3, 0.4) is 0 Å². The first-order chi connectivity index (χ1) is 9.60. The van der Waals surface area contributed by atoms with Crippen LogP contribution in [-0.4, -0.2) is 48.2 Å². The van der Waals surface area contributed by atoms with Gasteiger partial charge in [0, 0.05) is 6.54 Å². The Kier molecular flexibility index (Phi) is 4.57. The Bertz CT molecular complexity index is 502. The molecule has 1 aromatic carbocycles. The summed E-state index contributed by atoms with van der Waals surface area (Å²) in [5.41, 5.74) is 0.898. The van der Waals surface area contributed by atoms with Crippen LogP contribution in [-0.2, 0) is 20.9 Å². The topological polar surface area (TPSA) is 76.1 Å². The second-order valence-electron chi connectivity index (χ2n) is 4.64. The Balaban J connectivity index is 2.13. The predicted octanol–water partition coefficient (Wildman–Crippen LogP) is 0.897. The molecule has 0 spiro atoms. The zero-order chi connectivity index (χ0) is 14.5. The molecule has 1 aliphatic rings. The standard InChI is InChI=1S/C14H17NO5/c1-19-12-4-2-3-10(5-12)7-15-11(6-14(17)18)8-20-9-13(15)16/h2-5,11H,6-9H2,1H3,(H,17,18). The van der Waals surface area contributed by atoms with E-state index >= 15 is 0 Å². The fourth-order valence-electron chi connectivity index (χ4n) is 2.21. The van der Waals surface area contributed by atoms with Crippen LogP contribution in [0.2, 0.25) is 0 Å². The lowest BCUT2D eigenvalue weighted by Crippen LogP contribution is -2.49. The lowest BCUT2D eigenvalue weighted by atomic mass is 10.1. The Morgan fingerprint density at radius 2 is 2.35 bits per heavy atom. The van der Waals surface area contributed by atoms with E-state index in [-0.39, 0.29) is 25.5 Å². The quantitative estimate of drug-likeness (QED) is 0.866. The third kappa shape index (κ3) is 3.48. The maximum absolute atomic E-state index is 11.9. The van der Waals surface area contributed by atoms with Crippen LogP contribution in [0.25, 0.3) is 0 Å². The van der Waals surface area contributed by atoms with E-state index in [4.69, 9.17) is 14.6 Å². The molecule has 1 atom stereocenters. The number of carboxylic acids is 1. The van der Waals surface area contributed by atoms with Gasteiger partial charge in [-0.15, -0.1) is 0 Å². The maximum Gasteiger partial charge on any atom is 0.305 e. The van der Waals surface area contributed by atoms with Crippen molar-refractivity contribution in [3.8, 4) is 5.75 Å². The van der Waals surface area contributed by atoms with Gasteiger partial charge in [0.25, 0.3) is 0 Å². The van der Waals surface area contributed by atoms with Crippen LogP contribution in [0, 0.1) is 0 Å². The van der Waals surface area contributed by atoms with Gasteiger partial charge in [-0.05, 0) is 17.7 Å². The van der Waals surface area contributed by atoms with Gasteiger partial charge in [0.05, 0.1) is 26.2 Å². The van der Waals surface area contributed by atoms with Gasteiger partial charge in [-0.25, -0.2) is 0 Å². The molecule has 1 aromatic rings. The molecule has 0 aliphatic carbocycles. The van der Waals surface area contributed by atoms with Crippen molar-refractivity contribution in [2.75, 3.05) is 20.3 Å². The number of aliphatic carboxylic acids is 1. The fourth-order valence-corrected chi connectivity index (χ4v) is 2.21. The molecule has 0 bridgehead atoms. The molecule has 1 N–H and O–H groups in total. The SMILES string of the molecule is COc1cccc(CN2C(=O)COCC2CC(=O)O)c1. The van der Waals surface area contributed by atoms with E-state index in [0.29, 0.717) is 12.3 Å². The number of nitrogens with zero attached hydrogens (tertiary/aromatic N) is 1. The summed E-state index contributed by atoms with van der Waals surface area (Å²) in [7, 11) is 1.58. The largest absolute Gasteiger partial charge is 0.497 e. The van der Waals surface area contributed by atoms with Gasteiger partial charge in [-0.3, -0.25) is 9.59 Å². The van der Waals surface area contributed by atoms with Gasteiger partial charge in [-0.2, -0.15) is 0 Å². The highest BCUT2D eigenvalue weighted by Crippen LogP contribution is 2.19. The first-order valence-electron chi connectivity index (χ1n) is 6.32. The molecule has 1 heterocycles. The minimum atomic E-state index is -0.941. The Morgan fingerprint density at radius 1 is 1.55 bits per heavy atom. The normalized spacial score (nSPS) is 18.9. The van der Waals surface area contributed by atoms with E-state index in [2.05, 4.69) is 0 Å². The molecule has 0 radical (unpaired) electrons. The zero-order valence-corrected chi connectivity index (χ0v) is 11.2. The summed E-state index contributed by atoms with van der Waals surface area (Å²) < 4.78 is 10.3. The minimum Gasteiger partial charge on any atom is -0.497 e. The van der Waals surface area contributed by atoms with E-state index < -0.39 is 12.0 Å². The Labute approximate surface area is 116 Å². The van der Waals surface area contributed by atoms with Gasteiger partial charge < -0.3 is 19.5 Å². The second-order valence-corrected chi connectivity index (χ2v) is 4.64. The van der Waals surface area contributed by atoms with Crippen molar-refractivity contribution in [3.63, 3.8) is 0 Å². The average Bonchev–Trinajstić information content (AvgIpc) is 2.42. The minimum absolute atomic E-state index is 0.0000868. The summed E-state index contributed by atoms with van der Waals surface area (Å²) in [6, 6.07) is 6.94. The maximum atomic E-state index is 11.9. The molecule has 6 nitrogen and oxygen atoms in total. The number of rotatable bonds is 5. The number of hydrogen-bond acceptors (Lipinski definition) is 4. The smallest absolute Gasteiger partial charge is 0.305 e. The summed E-state index contributed by atoms with van der Waals surface area (Å²) in [5.74, 6) is -0.424. The molecule has 1 fully saturated rings. The molecule has 20 heavy (non-hydrogen) atoms. The Morgan fingerprint density at radius 3 is 3.05 bits per heavy atom. The van der Waals surface area contributed by atoms with Crippen molar-refractivity contribution in [2.45, 2.75) is 19.0 Å². The molecule has 1 saturated heterocycles. The molecule has 108 valence electrons. The second kappa shape index (κ2) is 6.38. The lowest BCUT2D eigenvalue weighted by Gasteiger charge is -2.34. The lowest BCUT2D eigenvalue weighted by molar-refractivity contribution is -0.152. The summed E-state index contributed by atoms with van der Waals surface area (Å²) in [5, 5.41) is 8.90. The number of carboxylic acid groups (broad SMARTS) is 1. The highest BCUT2D eigenvalue weighted by molar-refractivity contribution is 5.79. The molecule has 1 unspecified atom stereocenters. The van der Waals surface area contributed by atoms with Gasteiger partial charge in [0.1, 0.15) is 12.4 Å². The van der Waals surface area contributed by atoms with Gasteiger partial charge in [-0.1, -0.05) is 12.1 Å². The summed E-state index contributed by atoms with van der Waals surface area (Å²) in [6.07, 6.45) is -0.115. The van der Waals surface area contributed by atoms with E-state index in [0.717, 1.165) is 5.56 Å².